The third-order valence-corrected chi connectivity index (χ3v) is 3.77. The Kier molecular flexibility index (Phi) is 6.31. The number of benzene rings is 2. The first kappa shape index (κ1) is 18.7. The van der Waals surface area contributed by atoms with Crippen molar-refractivity contribution in [2.45, 2.75) is 33.5 Å². The average molecular weight is 341 g/mol. The van der Waals surface area contributed by atoms with Gasteiger partial charge < -0.3 is 14.8 Å². The van der Waals surface area contributed by atoms with Crippen LogP contribution in [0, 0.1) is 13.8 Å². The molecule has 0 unspecified atom stereocenters. The van der Waals surface area contributed by atoms with Crippen LogP contribution in [0.5, 0.6) is 0 Å². The highest BCUT2D eigenvalue weighted by Crippen LogP contribution is 2.17. The number of methoxy groups -OCH3 is 1. The summed E-state index contributed by atoms with van der Waals surface area (Å²) >= 11 is 0. The summed E-state index contributed by atoms with van der Waals surface area (Å²) < 4.78 is 10.3. The van der Waals surface area contributed by atoms with Crippen molar-refractivity contribution in [1.82, 2.24) is 0 Å². The van der Waals surface area contributed by atoms with E-state index in [-0.39, 0.29) is 5.91 Å². The van der Waals surface area contributed by atoms with Gasteiger partial charge in [-0.3, -0.25) is 4.79 Å². The molecule has 0 heterocycles. The number of amides is 1. The van der Waals surface area contributed by atoms with Crippen molar-refractivity contribution in [3.05, 3.63) is 64.7 Å². The number of hydrogen-bond donors (Lipinski definition) is 1. The first-order valence-corrected chi connectivity index (χ1v) is 8.07. The van der Waals surface area contributed by atoms with E-state index in [0.717, 1.165) is 16.7 Å². The topological polar surface area (TPSA) is 64.6 Å². The molecule has 1 N–H and O–H groups in total. The van der Waals surface area contributed by atoms with E-state index in [0.29, 0.717) is 17.9 Å². The third-order valence-electron chi connectivity index (χ3n) is 3.77. The fourth-order valence-corrected chi connectivity index (χ4v) is 2.43. The highest BCUT2D eigenvalue weighted by atomic mass is 16.5. The number of ether oxygens (including phenoxy) is 2. The van der Waals surface area contributed by atoms with E-state index in [1.807, 2.05) is 38.1 Å². The van der Waals surface area contributed by atoms with Gasteiger partial charge in [0.25, 0.3) is 5.91 Å². The number of aryl methyl sites for hydroxylation is 2. The largest absolute Gasteiger partial charge is 0.449 e. The number of nitrogens with one attached hydrogen (secondary N) is 1. The second-order valence-corrected chi connectivity index (χ2v) is 5.99. The highest BCUT2D eigenvalue weighted by molar-refractivity contribution is 5.97. The number of esters is 1. The molecule has 2 aromatic carbocycles. The van der Waals surface area contributed by atoms with Gasteiger partial charge in [0.1, 0.15) is 0 Å². The summed E-state index contributed by atoms with van der Waals surface area (Å²) in [7, 11) is 1.59. The molecular weight excluding hydrogens is 318 g/mol. The number of hydrogen-bond acceptors (Lipinski definition) is 4. The number of carbonyl (C=O) groups excluding carboxylic acids is 2. The van der Waals surface area contributed by atoms with Crippen LogP contribution in [0.15, 0.2) is 42.5 Å². The fraction of sp³-hybridized carbons (Fsp3) is 0.300. The molecule has 0 bridgehead atoms. The van der Waals surface area contributed by atoms with Crippen molar-refractivity contribution in [1.29, 1.82) is 0 Å². The van der Waals surface area contributed by atoms with Crippen LogP contribution in [0.4, 0.5) is 5.69 Å². The highest BCUT2D eigenvalue weighted by Gasteiger charge is 2.19. The molecule has 0 aliphatic rings. The summed E-state index contributed by atoms with van der Waals surface area (Å²) in [6.07, 6.45) is -0.903. The fourth-order valence-electron chi connectivity index (χ4n) is 2.43. The summed E-state index contributed by atoms with van der Waals surface area (Å²) in [5.41, 5.74) is 4.04. The van der Waals surface area contributed by atoms with Gasteiger partial charge in [-0.25, -0.2) is 4.79 Å². The Balaban J connectivity index is 2.00. The number of rotatable bonds is 6. The van der Waals surface area contributed by atoms with Crippen molar-refractivity contribution in [2.75, 3.05) is 12.4 Å². The maximum Gasteiger partial charge on any atom is 0.338 e. The zero-order valence-corrected chi connectivity index (χ0v) is 15.0. The Bertz CT molecular complexity index is 770. The van der Waals surface area contributed by atoms with E-state index in [1.54, 1.807) is 32.2 Å². The molecule has 0 saturated heterocycles. The molecule has 132 valence electrons. The van der Waals surface area contributed by atoms with Gasteiger partial charge >= 0.3 is 5.97 Å². The Labute approximate surface area is 148 Å². The lowest BCUT2D eigenvalue weighted by molar-refractivity contribution is -0.123. The van der Waals surface area contributed by atoms with Gasteiger partial charge in [0.15, 0.2) is 6.10 Å². The van der Waals surface area contributed by atoms with Crippen LogP contribution in [0.2, 0.25) is 0 Å². The second kappa shape index (κ2) is 8.44. The van der Waals surface area contributed by atoms with Gasteiger partial charge in [0.2, 0.25) is 0 Å². The standard InChI is InChI=1S/C20H23NO4/c1-13-8-9-18(14(2)10-13)21-19(22)15(3)25-20(23)17-7-5-6-16(11-17)12-24-4/h5-11,15H,12H2,1-4H3,(H,21,22)/t15-/m1/s1. The molecule has 2 aromatic rings. The minimum absolute atomic E-state index is 0.367. The normalized spacial score (nSPS) is 11.7. The minimum atomic E-state index is -0.903. The van der Waals surface area contributed by atoms with E-state index in [1.165, 1.54) is 0 Å². The Morgan fingerprint density at radius 1 is 1.12 bits per heavy atom. The molecule has 0 saturated carbocycles. The van der Waals surface area contributed by atoms with Crippen molar-refractivity contribution >= 4 is 17.6 Å². The molecule has 0 aliphatic heterocycles. The van der Waals surface area contributed by atoms with Gasteiger partial charge in [-0.1, -0.05) is 29.8 Å². The van der Waals surface area contributed by atoms with Crippen LogP contribution in [-0.4, -0.2) is 25.1 Å². The maximum atomic E-state index is 12.3. The monoisotopic (exact) mass is 341 g/mol. The van der Waals surface area contributed by atoms with Crippen molar-refractivity contribution in [3.8, 4) is 0 Å². The first-order valence-electron chi connectivity index (χ1n) is 8.07. The van der Waals surface area contributed by atoms with Crippen LogP contribution in [0.25, 0.3) is 0 Å². The third kappa shape index (κ3) is 5.16. The Hall–Kier alpha value is -2.66. The van der Waals surface area contributed by atoms with Crippen molar-refractivity contribution in [2.24, 2.45) is 0 Å². The van der Waals surface area contributed by atoms with E-state index >= 15 is 0 Å². The van der Waals surface area contributed by atoms with Crippen LogP contribution in [0.3, 0.4) is 0 Å². The minimum Gasteiger partial charge on any atom is -0.449 e. The number of carbonyl (C=O) groups is 2. The van der Waals surface area contributed by atoms with Crippen molar-refractivity contribution in [3.63, 3.8) is 0 Å². The summed E-state index contributed by atoms with van der Waals surface area (Å²) in [5, 5.41) is 2.79. The predicted molar refractivity (Wildman–Crippen MR) is 96.6 cm³/mol. The van der Waals surface area contributed by atoms with Crippen molar-refractivity contribution < 1.29 is 19.1 Å². The van der Waals surface area contributed by atoms with E-state index < -0.39 is 12.1 Å². The molecular formula is C20H23NO4. The van der Waals surface area contributed by atoms with Gasteiger partial charge in [-0.15, -0.1) is 0 Å². The average Bonchev–Trinajstić information content (AvgIpc) is 2.57. The molecule has 25 heavy (non-hydrogen) atoms. The van der Waals surface area contributed by atoms with Gasteiger partial charge in [0.05, 0.1) is 12.2 Å². The molecule has 0 fully saturated rings. The zero-order chi connectivity index (χ0) is 18.4. The van der Waals surface area contributed by atoms with E-state index in [9.17, 15) is 9.59 Å². The Morgan fingerprint density at radius 3 is 2.56 bits per heavy atom. The maximum absolute atomic E-state index is 12.3. The molecule has 0 radical (unpaired) electrons. The smallest absolute Gasteiger partial charge is 0.338 e. The van der Waals surface area contributed by atoms with Crippen LogP contribution in [0.1, 0.15) is 34.0 Å². The van der Waals surface area contributed by atoms with Gasteiger partial charge in [-0.2, -0.15) is 0 Å². The molecule has 1 amide bonds. The lowest BCUT2D eigenvalue weighted by Crippen LogP contribution is -2.30. The van der Waals surface area contributed by atoms with Crippen LogP contribution >= 0.6 is 0 Å². The number of anilines is 1. The molecule has 0 aromatic heterocycles. The van der Waals surface area contributed by atoms with E-state index in [2.05, 4.69) is 5.32 Å². The summed E-state index contributed by atoms with van der Waals surface area (Å²) in [6, 6.07) is 12.7. The van der Waals surface area contributed by atoms with Gasteiger partial charge in [0, 0.05) is 12.8 Å². The summed E-state index contributed by atoms with van der Waals surface area (Å²) in [5.74, 6) is -0.908. The lowest BCUT2D eigenvalue weighted by Gasteiger charge is -2.15. The Morgan fingerprint density at radius 2 is 1.88 bits per heavy atom. The first-order chi connectivity index (χ1) is 11.9. The SMILES string of the molecule is COCc1cccc(C(=O)O[C@H](C)C(=O)Nc2ccc(C)cc2C)c1. The summed E-state index contributed by atoms with van der Waals surface area (Å²) in [4.78, 5) is 24.5. The van der Waals surface area contributed by atoms with Crippen LogP contribution < -0.4 is 5.32 Å². The molecule has 0 spiro atoms. The molecule has 5 nitrogen and oxygen atoms in total. The molecule has 1 atom stereocenters. The predicted octanol–water partition coefficient (Wildman–Crippen LogP) is 3.63. The second-order valence-electron chi connectivity index (χ2n) is 5.99. The lowest BCUT2D eigenvalue weighted by atomic mass is 10.1. The summed E-state index contributed by atoms with van der Waals surface area (Å²) in [6.45, 7) is 5.86. The quantitative estimate of drug-likeness (QED) is 0.815. The van der Waals surface area contributed by atoms with E-state index in [4.69, 9.17) is 9.47 Å². The molecule has 2 rings (SSSR count). The molecule has 5 heteroatoms. The van der Waals surface area contributed by atoms with Crippen LogP contribution in [-0.2, 0) is 20.9 Å². The zero-order valence-electron chi connectivity index (χ0n) is 15.0. The van der Waals surface area contributed by atoms with Gasteiger partial charge in [-0.05, 0) is 50.1 Å². The molecule has 0 aliphatic carbocycles.